The minimum atomic E-state index is -0.610. The summed E-state index contributed by atoms with van der Waals surface area (Å²) in [5, 5.41) is 1.53. The predicted molar refractivity (Wildman–Crippen MR) is 41.4 cm³/mol. The van der Waals surface area contributed by atoms with Gasteiger partial charge in [0.05, 0.1) is 0 Å². The lowest BCUT2D eigenvalue weighted by molar-refractivity contribution is 0.684. The Labute approximate surface area is 62.9 Å². The molecule has 0 radical (unpaired) electrons. The van der Waals surface area contributed by atoms with E-state index in [0.29, 0.717) is 0 Å². The number of hydrogen-bond acceptors (Lipinski definition) is 3. The maximum Gasteiger partial charge on any atom is 0.334 e. The molecule has 0 aliphatic heterocycles. The van der Waals surface area contributed by atoms with Gasteiger partial charge in [0, 0.05) is 26.5 Å². The summed E-state index contributed by atoms with van der Waals surface area (Å²) < 4.78 is 1.22. The van der Waals surface area contributed by atoms with E-state index in [-0.39, 0.29) is 0 Å². The van der Waals surface area contributed by atoms with Crippen molar-refractivity contribution < 1.29 is 0 Å². The van der Waals surface area contributed by atoms with Gasteiger partial charge in [0.15, 0.2) is 0 Å². The Morgan fingerprint density at radius 3 is 2.55 bits per heavy atom. The van der Waals surface area contributed by atoms with E-state index < -0.39 is 11.1 Å². The molecule has 1 rings (SSSR count). The molecule has 0 saturated heterocycles. The molecule has 1 N–H and O–H groups in total. The number of hydrogen-bond donors (Lipinski definition) is 1. The van der Waals surface area contributed by atoms with Crippen molar-refractivity contribution in [3.8, 4) is 0 Å². The van der Waals surface area contributed by atoms with Crippen LogP contribution in [-0.2, 0) is 0 Å². The molecule has 0 aliphatic rings. The molecule has 0 spiro atoms. The topological polar surface area (TPSA) is 58.1 Å². The maximum absolute atomic E-state index is 11.0. The molecule has 0 bridgehead atoms. The molecule has 0 fully saturated rings. The van der Waals surface area contributed by atoms with E-state index >= 15 is 0 Å². The minimum Gasteiger partial charge on any atom is -0.323 e. The van der Waals surface area contributed by atoms with Crippen LogP contribution in [0.4, 0.5) is 0 Å². The number of aromatic amines is 1. The van der Waals surface area contributed by atoms with Gasteiger partial charge in [-0.25, -0.2) is 4.68 Å². The molecule has 11 heavy (non-hydrogen) atoms. The van der Waals surface area contributed by atoms with Gasteiger partial charge in [-0.2, -0.15) is 0 Å². The van der Waals surface area contributed by atoms with Gasteiger partial charge in [0.1, 0.15) is 0 Å². The molecule has 0 aromatic carbocycles. The Morgan fingerprint density at radius 2 is 2.09 bits per heavy atom. The van der Waals surface area contributed by atoms with Gasteiger partial charge in [-0.3, -0.25) is 9.59 Å². The van der Waals surface area contributed by atoms with Crippen LogP contribution in [0.5, 0.6) is 0 Å². The SMILES string of the molecule is CN(C)n1cc[nH]c(=O)c1=O. The van der Waals surface area contributed by atoms with Crippen molar-refractivity contribution in [2.45, 2.75) is 0 Å². The second kappa shape index (κ2) is 2.61. The molecule has 60 valence electrons. The zero-order chi connectivity index (χ0) is 8.43. The van der Waals surface area contributed by atoms with Gasteiger partial charge < -0.3 is 9.99 Å². The minimum absolute atomic E-state index is 0.572. The zero-order valence-corrected chi connectivity index (χ0v) is 6.37. The summed E-state index contributed by atoms with van der Waals surface area (Å²) in [5.41, 5.74) is -1.18. The van der Waals surface area contributed by atoms with Crippen LogP contribution in [0, 0.1) is 0 Å². The Balaban J connectivity index is 3.41. The van der Waals surface area contributed by atoms with Crippen LogP contribution in [0.3, 0.4) is 0 Å². The summed E-state index contributed by atoms with van der Waals surface area (Å²) in [6, 6.07) is 0. The highest BCUT2D eigenvalue weighted by molar-refractivity contribution is 4.86. The smallest absolute Gasteiger partial charge is 0.323 e. The van der Waals surface area contributed by atoms with Gasteiger partial charge in [0.2, 0.25) is 0 Å². The summed E-state index contributed by atoms with van der Waals surface area (Å²) in [4.78, 5) is 24.0. The molecule has 0 unspecified atom stereocenters. The highest BCUT2D eigenvalue weighted by atomic mass is 16.2. The van der Waals surface area contributed by atoms with Crippen LogP contribution in [0.25, 0.3) is 0 Å². The second-order valence-corrected chi connectivity index (χ2v) is 2.29. The van der Waals surface area contributed by atoms with Crippen molar-refractivity contribution in [2.24, 2.45) is 0 Å². The third-order valence-corrected chi connectivity index (χ3v) is 1.26. The highest BCUT2D eigenvalue weighted by Gasteiger charge is 1.98. The van der Waals surface area contributed by atoms with Crippen molar-refractivity contribution in [3.05, 3.63) is 33.1 Å². The van der Waals surface area contributed by atoms with E-state index in [9.17, 15) is 9.59 Å². The first kappa shape index (κ1) is 7.59. The van der Waals surface area contributed by atoms with Gasteiger partial charge >= 0.3 is 11.1 Å². The Morgan fingerprint density at radius 1 is 1.45 bits per heavy atom. The molecule has 0 saturated carbocycles. The molecule has 0 amide bonds. The number of rotatable bonds is 1. The van der Waals surface area contributed by atoms with Crippen LogP contribution in [0.1, 0.15) is 0 Å². The maximum atomic E-state index is 11.0. The fraction of sp³-hybridized carbons (Fsp3) is 0.333. The predicted octanol–water partition coefficient (Wildman–Crippen LogP) is -1.27. The quantitative estimate of drug-likeness (QED) is 0.515. The van der Waals surface area contributed by atoms with E-state index in [2.05, 4.69) is 4.98 Å². The summed E-state index contributed by atoms with van der Waals surface area (Å²) >= 11 is 0. The van der Waals surface area contributed by atoms with Crippen LogP contribution in [0.2, 0.25) is 0 Å². The van der Waals surface area contributed by atoms with E-state index in [1.165, 1.54) is 22.1 Å². The molecule has 5 heteroatoms. The van der Waals surface area contributed by atoms with Crippen molar-refractivity contribution in [3.63, 3.8) is 0 Å². The van der Waals surface area contributed by atoms with E-state index in [4.69, 9.17) is 0 Å². The van der Waals surface area contributed by atoms with Crippen molar-refractivity contribution in [2.75, 3.05) is 19.1 Å². The fourth-order valence-electron chi connectivity index (χ4n) is 0.732. The molecule has 0 aliphatic carbocycles. The molecule has 0 atom stereocenters. The monoisotopic (exact) mass is 155 g/mol. The Bertz CT molecular complexity index is 349. The average molecular weight is 155 g/mol. The lowest BCUT2D eigenvalue weighted by Crippen LogP contribution is -2.43. The lowest BCUT2D eigenvalue weighted by Gasteiger charge is -2.13. The molecule has 1 aromatic rings. The van der Waals surface area contributed by atoms with Crippen molar-refractivity contribution in [1.82, 2.24) is 9.66 Å². The van der Waals surface area contributed by atoms with Gasteiger partial charge in [-0.15, -0.1) is 0 Å². The molecule has 5 nitrogen and oxygen atoms in total. The second-order valence-electron chi connectivity index (χ2n) is 2.29. The van der Waals surface area contributed by atoms with Gasteiger partial charge in [0.25, 0.3) is 0 Å². The largest absolute Gasteiger partial charge is 0.334 e. The van der Waals surface area contributed by atoms with Crippen LogP contribution in [-0.4, -0.2) is 23.8 Å². The Kier molecular flexibility index (Phi) is 1.80. The zero-order valence-electron chi connectivity index (χ0n) is 6.37. The molecule has 1 aromatic heterocycles. The van der Waals surface area contributed by atoms with Crippen molar-refractivity contribution in [1.29, 1.82) is 0 Å². The molecule has 1 heterocycles. The van der Waals surface area contributed by atoms with Crippen LogP contribution < -0.4 is 16.1 Å². The third-order valence-electron chi connectivity index (χ3n) is 1.26. The molecular weight excluding hydrogens is 146 g/mol. The van der Waals surface area contributed by atoms with E-state index in [1.54, 1.807) is 14.1 Å². The highest BCUT2D eigenvalue weighted by Crippen LogP contribution is 1.71. The Hall–Kier alpha value is -1.52. The van der Waals surface area contributed by atoms with Gasteiger partial charge in [-0.1, -0.05) is 0 Å². The van der Waals surface area contributed by atoms with Gasteiger partial charge in [-0.05, 0) is 0 Å². The van der Waals surface area contributed by atoms with Crippen LogP contribution >= 0.6 is 0 Å². The molecular formula is C6H9N3O2. The normalized spacial score (nSPS) is 9.64. The lowest BCUT2D eigenvalue weighted by atomic mass is 10.7. The standard InChI is InChI=1S/C6H9N3O2/c1-8(2)9-4-3-7-5(10)6(9)11/h3-4H,1-2H3,(H,7,10). The summed E-state index contributed by atoms with van der Waals surface area (Å²) in [6.45, 7) is 0. The third kappa shape index (κ3) is 1.31. The first-order valence-corrected chi connectivity index (χ1v) is 3.11. The number of H-pyrrole nitrogens is 1. The number of nitrogens with one attached hydrogen (secondary N) is 1. The van der Waals surface area contributed by atoms with E-state index in [0.717, 1.165) is 0 Å². The number of aromatic nitrogens is 2. The summed E-state index contributed by atoms with van der Waals surface area (Å²) in [5.74, 6) is 0. The van der Waals surface area contributed by atoms with Crippen LogP contribution in [0.15, 0.2) is 22.0 Å². The summed E-state index contributed by atoms with van der Waals surface area (Å²) in [6.07, 6.45) is 2.91. The first-order chi connectivity index (χ1) is 5.13. The first-order valence-electron chi connectivity index (χ1n) is 3.11. The average Bonchev–Trinajstić information content (AvgIpc) is 1.94. The summed E-state index contributed by atoms with van der Waals surface area (Å²) in [7, 11) is 3.36. The fourth-order valence-corrected chi connectivity index (χ4v) is 0.732. The van der Waals surface area contributed by atoms with E-state index in [1.807, 2.05) is 0 Å². The number of nitrogens with zero attached hydrogens (tertiary/aromatic N) is 2. The van der Waals surface area contributed by atoms with Crippen molar-refractivity contribution >= 4 is 0 Å².